The molecule has 0 aromatic rings. The van der Waals surface area contributed by atoms with Crippen LogP contribution < -0.4 is 16.0 Å². The van der Waals surface area contributed by atoms with Crippen LogP contribution in [0, 0.1) is 5.41 Å². The number of likely N-dealkylation sites (N-methyl/N-ethyl adjacent to an activating group) is 1. The van der Waals surface area contributed by atoms with Crippen LogP contribution in [0.25, 0.3) is 0 Å². The highest BCUT2D eigenvalue weighted by Crippen LogP contribution is 2.12. The van der Waals surface area contributed by atoms with E-state index >= 15 is 0 Å². The van der Waals surface area contributed by atoms with E-state index < -0.39 is 24.0 Å². The lowest BCUT2D eigenvalue weighted by atomic mass is 9.95. The molecule has 0 saturated heterocycles. The summed E-state index contributed by atoms with van der Waals surface area (Å²) in [7, 11) is 1.44. The van der Waals surface area contributed by atoms with Crippen molar-refractivity contribution in [2.75, 3.05) is 20.2 Å². The number of carbonyl (C=O) groups excluding carboxylic acids is 3. The average molecular weight is 259 g/mol. The van der Waals surface area contributed by atoms with Gasteiger partial charge in [0, 0.05) is 12.5 Å². The normalized spacial score (nSPS) is 12.5. The van der Waals surface area contributed by atoms with E-state index in [-0.39, 0.29) is 18.4 Å². The van der Waals surface area contributed by atoms with Gasteiger partial charge in [-0.05, 0) is 0 Å². The summed E-state index contributed by atoms with van der Waals surface area (Å²) in [6.07, 6.45) is 0. The van der Waals surface area contributed by atoms with Crippen LogP contribution in [0.15, 0.2) is 0 Å². The minimum Gasteiger partial charge on any atom is -0.394 e. The zero-order chi connectivity index (χ0) is 14.3. The van der Waals surface area contributed by atoms with E-state index in [0.717, 1.165) is 0 Å². The van der Waals surface area contributed by atoms with Crippen LogP contribution in [0.4, 0.5) is 0 Å². The third-order valence-corrected chi connectivity index (χ3v) is 2.19. The summed E-state index contributed by atoms with van der Waals surface area (Å²) in [6, 6.07) is -1.05. The molecule has 0 saturated carbocycles. The quantitative estimate of drug-likeness (QED) is 0.475. The Bertz CT molecular complexity index is 323. The zero-order valence-corrected chi connectivity index (χ0v) is 11.2. The molecule has 0 rings (SSSR count). The van der Waals surface area contributed by atoms with Gasteiger partial charge in [0.1, 0.15) is 6.04 Å². The largest absolute Gasteiger partial charge is 0.394 e. The van der Waals surface area contributed by atoms with Gasteiger partial charge in [-0.2, -0.15) is 0 Å². The first kappa shape index (κ1) is 16.4. The summed E-state index contributed by atoms with van der Waals surface area (Å²) in [6.45, 7) is 4.36. The first-order chi connectivity index (χ1) is 8.22. The molecule has 0 aliphatic carbocycles. The van der Waals surface area contributed by atoms with Crippen molar-refractivity contribution in [3.63, 3.8) is 0 Å². The lowest BCUT2D eigenvalue weighted by Gasteiger charge is -2.22. The fourth-order valence-corrected chi connectivity index (χ4v) is 0.948. The van der Waals surface area contributed by atoms with Gasteiger partial charge in [0.25, 0.3) is 0 Å². The number of hydrogen-bond acceptors (Lipinski definition) is 4. The molecule has 0 aromatic heterocycles. The standard InChI is InChI=1S/C11H21N3O4/c1-11(2,3)10(18)14-7(6-15)9(17)13-5-8(16)12-4/h7,15H,5-6H2,1-4H3,(H,12,16)(H,13,17)(H,14,18)/t7-/m0/s1. The van der Waals surface area contributed by atoms with Crippen LogP contribution in [-0.4, -0.2) is 49.1 Å². The van der Waals surface area contributed by atoms with Gasteiger partial charge in [0.05, 0.1) is 13.2 Å². The highest BCUT2D eigenvalue weighted by molar-refractivity contribution is 5.91. The van der Waals surface area contributed by atoms with Gasteiger partial charge >= 0.3 is 0 Å². The molecule has 0 aliphatic rings. The van der Waals surface area contributed by atoms with Gasteiger partial charge in [0.2, 0.25) is 17.7 Å². The van der Waals surface area contributed by atoms with Crippen molar-refractivity contribution in [1.82, 2.24) is 16.0 Å². The second kappa shape index (κ2) is 6.95. The lowest BCUT2D eigenvalue weighted by Crippen LogP contribution is -2.52. The zero-order valence-electron chi connectivity index (χ0n) is 11.2. The first-order valence-electron chi connectivity index (χ1n) is 5.62. The average Bonchev–Trinajstić information content (AvgIpc) is 2.30. The summed E-state index contributed by atoms with van der Waals surface area (Å²) < 4.78 is 0. The Morgan fingerprint density at radius 3 is 2.17 bits per heavy atom. The number of nitrogens with one attached hydrogen (secondary N) is 3. The van der Waals surface area contributed by atoms with E-state index in [0.29, 0.717) is 0 Å². The molecule has 18 heavy (non-hydrogen) atoms. The molecule has 7 nitrogen and oxygen atoms in total. The SMILES string of the molecule is CNC(=O)CNC(=O)[C@H](CO)NC(=O)C(C)(C)C. The van der Waals surface area contributed by atoms with Gasteiger partial charge in [0.15, 0.2) is 0 Å². The summed E-state index contributed by atoms with van der Waals surface area (Å²) in [5, 5.41) is 16.1. The molecule has 1 atom stereocenters. The number of amides is 3. The lowest BCUT2D eigenvalue weighted by molar-refractivity contribution is -0.134. The Balaban J connectivity index is 4.37. The molecule has 104 valence electrons. The number of carbonyl (C=O) groups is 3. The molecule has 0 bridgehead atoms. The van der Waals surface area contributed by atoms with Crippen LogP contribution in [0.3, 0.4) is 0 Å². The van der Waals surface area contributed by atoms with Crippen LogP contribution in [0.5, 0.6) is 0 Å². The molecule has 0 heterocycles. The fraction of sp³-hybridized carbons (Fsp3) is 0.727. The minimum atomic E-state index is -1.05. The van der Waals surface area contributed by atoms with Crippen LogP contribution >= 0.6 is 0 Å². The van der Waals surface area contributed by atoms with E-state index in [1.165, 1.54) is 7.05 Å². The molecule has 0 radical (unpaired) electrons. The van der Waals surface area contributed by atoms with Gasteiger partial charge in [-0.1, -0.05) is 20.8 Å². The number of hydrogen-bond donors (Lipinski definition) is 4. The molecule has 3 amide bonds. The van der Waals surface area contributed by atoms with Crippen molar-refractivity contribution in [3.05, 3.63) is 0 Å². The molecule has 0 aromatic carbocycles. The highest BCUT2D eigenvalue weighted by atomic mass is 16.3. The number of aliphatic hydroxyl groups is 1. The monoisotopic (exact) mass is 259 g/mol. The van der Waals surface area contributed by atoms with Crippen molar-refractivity contribution in [2.45, 2.75) is 26.8 Å². The van der Waals surface area contributed by atoms with Crippen molar-refractivity contribution < 1.29 is 19.5 Å². The topological polar surface area (TPSA) is 108 Å². The minimum absolute atomic E-state index is 0.197. The maximum absolute atomic E-state index is 11.7. The second-order valence-corrected chi connectivity index (χ2v) is 4.85. The Hall–Kier alpha value is -1.63. The second-order valence-electron chi connectivity index (χ2n) is 4.85. The van der Waals surface area contributed by atoms with E-state index in [4.69, 9.17) is 5.11 Å². The molecule has 0 spiro atoms. The fourth-order valence-electron chi connectivity index (χ4n) is 0.948. The van der Waals surface area contributed by atoms with Crippen molar-refractivity contribution in [2.24, 2.45) is 5.41 Å². The van der Waals surface area contributed by atoms with E-state index in [2.05, 4.69) is 16.0 Å². The van der Waals surface area contributed by atoms with Crippen molar-refractivity contribution >= 4 is 17.7 Å². The van der Waals surface area contributed by atoms with E-state index in [9.17, 15) is 14.4 Å². The van der Waals surface area contributed by atoms with E-state index in [1.54, 1.807) is 20.8 Å². The van der Waals surface area contributed by atoms with Crippen LogP contribution in [-0.2, 0) is 14.4 Å². The van der Waals surface area contributed by atoms with Gasteiger partial charge in [-0.25, -0.2) is 0 Å². The summed E-state index contributed by atoms with van der Waals surface area (Å²) in [4.78, 5) is 34.2. The predicted molar refractivity (Wildman–Crippen MR) is 65.5 cm³/mol. The van der Waals surface area contributed by atoms with Gasteiger partial charge in [-0.15, -0.1) is 0 Å². The maximum atomic E-state index is 11.7. The molecular weight excluding hydrogens is 238 g/mol. The van der Waals surface area contributed by atoms with Crippen LogP contribution in [0.1, 0.15) is 20.8 Å². The van der Waals surface area contributed by atoms with Crippen LogP contribution in [0.2, 0.25) is 0 Å². The first-order valence-corrected chi connectivity index (χ1v) is 5.62. The molecule has 0 aliphatic heterocycles. The molecule has 0 fully saturated rings. The Morgan fingerprint density at radius 1 is 1.22 bits per heavy atom. The third kappa shape index (κ3) is 5.62. The number of rotatable bonds is 5. The molecule has 7 heteroatoms. The summed E-state index contributed by atoms with van der Waals surface area (Å²) >= 11 is 0. The Labute approximate surface area is 106 Å². The highest BCUT2D eigenvalue weighted by Gasteiger charge is 2.27. The summed E-state index contributed by atoms with van der Waals surface area (Å²) in [5.41, 5.74) is -0.658. The Kier molecular flexibility index (Phi) is 6.32. The molecule has 4 N–H and O–H groups in total. The molecular formula is C11H21N3O4. The van der Waals surface area contributed by atoms with Crippen molar-refractivity contribution in [1.29, 1.82) is 0 Å². The van der Waals surface area contributed by atoms with Gasteiger partial charge < -0.3 is 21.1 Å². The number of aliphatic hydroxyl groups excluding tert-OH is 1. The third-order valence-electron chi connectivity index (χ3n) is 2.19. The van der Waals surface area contributed by atoms with E-state index in [1.807, 2.05) is 0 Å². The molecule has 0 unspecified atom stereocenters. The predicted octanol–water partition coefficient (Wildman–Crippen LogP) is -1.63. The van der Waals surface area contributed by atoms with Crippen molar-refractivity contribution in [3.8, 4) is 0 Å². The maximum Gasteiger partial charge on any atom is 0.245 e. The smallest absolute Gasteiger partial charge is 0.245 e. The van der Waals surface area contributed by atoms with Gasteiger partial charge in [-0.3, -0.25) is 14.4 Å². The summed E-state index contributed by atoms with van der Waals surface area (Å²) in [5.74, 6) is -1.31. The Morgan fingerprint density at radius 2 is 1.78 bits per heavy atom.